The molecule has 1 aliphatic heterocycles. The number of fused-ring (bicyclic) bond motifs is 3. The highest BCUT2D eigenvalue weighted by Crippen LogP contribution is 2.46. The number of carboxylic acid groups (broad SMARTS) is 1. The standard InChI is InChI=1S/C34H45ClN2O5S/c1-3-6-32(43-42-36)22(2)7-4-9-30(38)27-13-10-25(27)19-37-20-34(16-5-8-23-17-26(35)12-14-28(23)34)21-41-31-15-11-24(33(39)40)18-29(31)37/h4,9,11-12,14-15,17-18,22,25,27,30,32,38H,3,5-8,10,13,16,19-21,36H2,1-2H3,(H,39,40)/b9-4+/t22?,25?,27-,30?,32+,34+/m1/s1. The normalized spacial score (nSPS) is 25.3. The van der Waals surface area contributed by atoms with Crippen LogP contribution in [0.2, 0.25) is 5.02 Å². The summed E-state index contributed by atoms with van der Waals surface area (Å²) in [6.07, 6.45) is 11.5. The number of ether oxygens (including phenoxy) is 1. The van der Waals surface area contributed by atoms with Gasteiger partial charge in [-0.15, -0.1) is 0 Å². The Hall–Kier alpha value is -2.23. The van der Waals surface area contributed by atoms with Crippen LogP contribution in [0.15, 0.2) is 48.6 Å². The SMILES string of the molecule is CCC[C@H](SON)C(C)C/C=C/C(O)[C@@H]1CCC1CN1C[C@@]2(CCCc3cc(Cl)ccc32)COc2ccc(C(=O)O)cc21. The van der Waals surface area contributed by atoms with E-state index in [1.807, 2.05) is 12.1 Å². The van der Waals surface area contributed by atoms with Gasteiger partial charge in [0.15, 0.2) is 0 Å². The smallest absolute Gasteiger partial charge is 0.335 e. The molecule has 43 heavy (non-hydrogen) atoms. The van der Waals surface area contributed by atoms with Gasteiger partial charge in [0.1, 0.15) is 5.75 Å². The predicted molar refractivity (Wildman–Crippen MR) is 174 cm³/mol. The second-order valence-corrected chi connectivity index (χ2v) is 14.2. The molecule has 1 heterocycles. The van der Waals surface area contributed by atoms with Gasteiger partial charge in [0.25, 0.3) is 0 Å². The lowest BCUT2D eigenvalue weighted by Crippen LogP contribution is -2.49. The average molecular weight is 629 g/mol. The summed E-state index contributed by atoms with van der Waals surface area (Å²) in [5.41, 5.74) is 3.40. The van der Waals surface area contributed by atoms with Gasteiger partial charge in [-0.1, -0.05) is 50.1 Å². The summed E-state index contributed by atoms with van der Waals surface area (Å²) in [6.45, 7) is 6.35. The number of carboxylic acids is 1. The Morgan fingerprint density at radius 3 is 2.86 bits per heavy atom. The first kappa shape index (κ1) is 32.2. The number of allylic oxidation sites excluding steroid dienone is 1. The van der Waals surface area contributed by atoms with Crippen LogP contribution in [0.5, 0.6) is 5.75 Å². The molecule has 1 fully saturated rings. The number of nitrogens with zero attached hydrogens (tertiary/aromatic N) is 1. The molecule has 5 rings (SSSR count). The number of anilines is 1. The number of hydrogen-bond donors (Lipinski definition) is 3. The molecule has 1 spiro atoms. The van der Waals surface area contributed by atoms with Gasteiger partial charge < -0.3 is 19.8 Å². The highest BCUT2D eigenvalue weighted by Gasteiger charge is 2.44. The van der Waals surface area contributed by atoms with E-state index in [1.165, 1.54) is 23.2 Å². The molecule has 3 unspecified atom stereocenters. The molecule has 0 radical (unpaired) electrons. The molecule has 9 heteroatoms. The zero-order chi connectivity index (χ0) is 30.6. The molecule has 2 aromatic rings. The Morgan fingerprint density at radius 2 is 2.14 bits per heavy atom. The first-order chi connectivity index (χ1) is 20.7. The van der Waals surface area contributed by atoms with Crippen molar-refractivity contribution < 1.29 is 24.0 Å². The van der Waals surface area contributed by atoms with Gasteiger partial charge in [0.05, 0.1) is 24.0 Å². The minimum absolute atomic E-state index is 0.156. The molecule has 3 aliphatic rings. The van der Waals surface area contributed by atoms with Crippen molar-refractivity contribution in [2.45, 2.75) is 82.0 Å². The van der Waals surface area contributed by atoms with E-state index in [-0.39, 0.29) is 22.8 Å². The van der Waals surface area contributed by atoms with Gasteiger partial charge in [-0.2, -0.15) is 0 Å². The lowest BCUT2D eigenvalue weighted by Gasteiger charge is -2.45. The van der Waals surface area contributed by atoms with E-state index >= 15 is 0 Å². The van der Waals surface area contributed by atoms with Crippen LogP contribution in [0.4, 0.5) is 5.69 Å². The van der Waals surface area contributed by atoms with Crippen molar-refractivity contribution in [1.82, 2.24) is 0 Å². The van der Waals surface area contributed by atoms with Crippen LogP contribution in [-0.2, 0) is 16.1 Å². The minimum atomic E-state index is -0.951. The number of aryl methyl sites for hydroxylation is 1. The first-order valence-corrected chi connectivity index (χ1v) is 16.8. The van der Waals surface area contributed by atoms with E-state index in [0.717, 1.165) is 75.2 Å². The van der Waals surface area contributed by atoms with Crippen LogP contribution in [0, 0.1) is 17.8 Å². The number of halogens is 1. The molecule has 0 bridgehead atoms. The van der Waals surface area contributed by atoms with Crippen LogP contribution in [0.25, 0.3) is 0 Å². The van der Waals surface area contributed by atoms with E-state index in [2.05, 4.69) is 37.0 Å². The van der Waals surface area contributed by atoms with Crippen LogP contribution >= 0.6 is 23.6 Å². The fourth-order valence-corrected chi connectivity index (χ4v) is 8.28. The van der Waals surface area contributed by atoms with Gasteiger partial charge in [-0.05, 0) is 104 Å². The molecule has 0 saturated heterocycles. The number of nitrogens with two attached hydrogens (primary N) is 1. The molecule has 7 nitrogen and oxygen atoms in total. The molecular formula is C34H45ClN2O5S. The second kappa shape index (κ2) is 14.2. The first-order valence-electron chi connectivity index (χ1n) is 15.7. The third-order valence-electron chi connectivity index (χ3n) is 9.88. The molecule has 4 N–H and O–H groups in total. The molecule has 0 aromatic heterocycles. The summed E-state index contributed by atoms with van der Waals surface area (Å²) >= 11 is 7.72. The topological polar surface area (TPSA) is 105 Å². The lowest BCUT2D eigenvalue weighted by atomic mass is 9.68. The van der Waals surface area contributed by atoms with Crippen molar-refractivity contribution in [3.05, 3.63) is 70.3 Å². The molecule has 2 aliphatic carbocycles. The highest BCUT2D eigenvalue weighted by atomic mass is 35.5. The third kappa shape index (κ3) is 7.20. The Balaban J connectivity index is 1.35. The number of hydrogen-bond acceptors (Lipinski definition) is 7. The maximum atomic E-state index is 11.9. The summed E-state index contributed by atoms with van der Waals surface area (Å²) in [6, 6.07) is 11.4. The van der Waals surface area contributed by atoms with Gasteiger partial charge in [-0.3, -0.25) is 0 Å². The summed E-state index contributed by atoms with van der Waals surface area (Å²) in [7, 11) is 0. The second-order valence-electron chi connectivity index (χ2n) is 12.7. The number of aliphatic hydroxyl groups is 1. The van der Waals surface area contributed by atoms with Crippen molar-refractivity contribution in [3.8, 4) is 5.75 Å². The van der Waals surface area contributed by atoms with Crippen LogP contribution < -0.4 is 15.5 Å². The van der Waals surface area contributed by atoms with E-state index in [1.54, 1.807) is 18.2 Å². The zero-order valence-electron chi connectivity index (χ0n) is 25.2. The fraction of sp³-hybridized carbons (Fsp3) is 0.559. The largest absolute Gasteiger partial charge is 0.490 e. The summed E-state index contributed by atoms with van der Waals surface area (Å²) in [5.74, 6) is 5.92. The molecule has 2 aromatic carbocycles. The Bertz CT molecular complexity index is 1300. The van der Waals surface area contributed by atoms with Gasteiger partial charge in [-0.25, -0.2) is 15.0 Å². The molecule has 6 atom stereocenters. The monoisotopic (exact) mass is 628 g/mol. The number of aliphatic hydroxyl groups excluding tert-OH is 1. The molecule has 234 valence electrons. The summed E-state index contributed by atoms with van der Waals surface area (Å²) in [4.78, 5) is 14.3. The van der Waals surface area contributed by atoms with Crippen molar-refractivity contribution in [1.29, 1.82) is 0 Å². The van der Waals surface area contributed by atoms with Crippen molar-refractivity contribution >= 4 is 35.3 Å². The Kier molecular flexibility index (Phi) is 10.7. The number of carbonyl (C=O) groups is 1. The van der Waals surface area contributed by atoms with E-state index in [9.17, 15) is 15.0 Å². The fourth-order valence-electron chi connectivity index (χ4n) is 7.31. The summed E-state index contributed by atoms with van der Waals surface area (Å²) in [5, 5.41) is 22.1. The van der Waals surface area contributed by atoms with Crippen molar-refractivity contribution in [2.24, 2.45) is 23.7 Å². The lowest BCUT2D eigenvalue weighted by molar-refractivity contribution is 0.0455. The number of aromatic carboxylic acids is 1. The van der Waals surface area contributed by atoms with Gasteiger partial charge >= 0.3 is 5.97 Å². The molecule has 1 saturated carbocycles. The maximum absolute atomic E-state index is 11.9. The number of benzene rings is 2. The maximum Gasteiger partial charge on any atom is 0.335 e. The summed E-state index contributed by atoms with van der Waals surface area (Å²) < 4.78 is 11.4. The molecule has 0 amide bonds. The average Bonchev–Trinajstić information content (AvgIpc) is 3.12. The minimum Gasteiger partial charge on any atom is -0.490 e. The van der Waals surface area contributed by atoms with Crippen LogP contribution in [0.3, 0.4) is 0 Å². The Labute approximate surface area is 264 Å². The van der Waals surface area contributed by atoms with E-state index in [4.69, 9.17) is 26.5 Å². The molecular weight excluding hydrogens is 584 g/mol. The van der Waals surface area contributed by atoms with Crippen molar-refractivity contribution in [2.75, 3.05) is 24.6 Å². The predicted octanol–water partition coefficient (Wildman–Crippen LogP) is 7.19. The quantitative estimate of drug-likeness (QED) is 0.129. The highest BCUT2D eigenvalue weighted by molar-refractivity contribution is 7.95. The third-order valence-corrected chi connectivity index (χ3v) is 11.2. The van der Waals surface area contributed by atoms with Crippen LogP contribution in [-0.4, -0.2) is 47.2 Å². The zero-order valence-corrected chi connectivity index (χ0v) is 26.8. The van der Waals surface area contributed by atoms with E-state index in [0.29, 0.717) is 23.5 Å². The van der Waals surface area contributed by atoms with Crippen molar-refractivity contribution in [3.63, 3.8) is 0 Å². The number of rotatable bonds is 12. The van der Waals surface area contributed by atoms with Crippen LogP contribution in [0.1, 0.15) is 80.3 Å². The van der Waals surface area contributed by atoms with E-state index < -0.39 is 12.1 Å². The Morgan fingerprint density at radius 1 is 1.30 bits per heavy atom. The van der Waals surface area contributed by atoms with Gasteiger partial charge in [0.2, 0.25) is 0 Å². The van der Waals surface area contributed by atoms with Gasteiger partial charge in [0, 0.05) is 40.8 Å².